The van der Waals surface area contributed by atoms with Gasteiger partial charge in [-0.05, 0) is 29.1 Å². The maximum absolute atomic E-state index is 12.9. The lowest BCUT2D eigenvalue weighted by Gasteiger charge is -2.35. The van der Waals surface area contributed by atoms with Crippen molar-refractivity contribution in [2.75, 3.05) is 19.6 Å². The highest BCUT2D eigenvalue weighted by Crippen LogP contribution is 2.52. The Balaban J connectivity index is 1.31. The molecule has 1 N–H and O–H groups in total. The van der Waals surface area contributed by atoms with Crippen LogP contribution in [0.3, 0.4) is 0 Å². The number of nitrogens with zero attached hydrogens (tertiary/aromatic N) is 2. The topological polar surface area (TPSA) is 71.0 Å². The van der Waals surface area contributed by atoms with Gasteiger partial charge in [-0.15, -0.1) is 11.3 Å². The number of amidine groups is 1. The molecule has 2 aliphatic heterocycles. The van der Waals surface area contributed by atoms with Gasteiger partial charge in [0.2, 0.25) is 0 Å². The minimum absolute atomic E-state index is 0.141. The summed E-state index contributed by atoms with van der Waals surface area (Å²) in [6.07, 6.45) is -0.320. The first-order valence-electron chi connectivity index (χ1n) is 10.7. The molecule has 0 bridgehead atoms. The highest BCUT2D eigenvalue weighted by molar-refractivity contribution is 8.14. The summed E-state index contributed by atoms with van der Waals surface area (Å²) in [7, 11) is 0. The van der Waals surface area contributed by atoms with Crippen molar-refractivity contribution in [3.63, 3.8) is 0 Å². The van der Waals surface area contributed by atoms with E-state index in [0.717, 1.165) is 5.56 Å². The summed E-state index contributed by atoms with van der Waals surface area (Å²) < 4.78 is 5.24. The van der Waals surface area contributed by atoms with Gasteiger partial charge < -0.3 is 15.0 Å². The number of thiophene rings is 1. The molecule has 1 fully saturated rings. The van der Waals surface area contributed by atoms with Crippen molar-refractivity contribution in [1.82, 2.24) is 10.2 Å². The van der Waals surface area contributed by atoms with Crippen molar-refractivity contribution in [2.24, 2.45) is 10.9 Å². The average Bonchev–Trinajstić information content (AvgIpc) is 3.53. The summed E-state index contributed by atoms with van der Waals surface area (Å²) in [6, 6.07) is 22.9. The van der Waals surface area contributed by atoms with Crippen LogP contribution in [0.4, 0.5) is 4.79 Å². The molecule has 168 valence electrons. The number of aliphatic imine (C=N–C) groups is 1. The van der Waals surface area contributed by atoms with E-state index >= 15 is 0 Å². The second-order valence-corrected chi connectivity index (χ2v) is 10.3. The van der Waals surface area contributed by atoms with E-state index in [-0.39, 0.29) is 29.3 Å². The first-order valence-corrected chi connectivity index (χ1v) is 12.4. The summed E-state index contributed by atoms with van der Waals surface area (Å²) in [5.41, 5.74) is 1.55. The van der Waals surface area contributed by atoms with Gasteiger partial charge in [0.15, 0.2) is 5.17 Å². The second-order valence-electron chi connectivity index (χ2n) is 8.05. The summed E-state index contributed by atoms with van der Waals surface area (Å²) in [5.74, 6) is -0.0402. The fraction of sp³-hybridized carbons (Fsp3) is 0.240. The normalized spacial score (nSPS) is 21.8. The van der Waals surface area contributed by atoms with E-state index in [4.69, 9.17) is 4.74 Å². The van der Waals surface area contributed by atoms with Gasteiger partial charge in [0.25, 0.3) is 5.91 Å². The molecule has 0 radical (unpaired) electrons. The number of fused-ring (bicyclic) bond motifs is 1. The summed E-state index contributed by atoms with van der Waals surface area (Å²) in [5, 5.41) is 5.61. The molecule has 6 nitrogen and oxygen atoms in total. The van der Waals surface area contributed by atoms with E-state index in [0.29, 0.717) is 30.4 Å². The van der Waals surface area contributed by atoms with Gasteiger partial charge in [0, 0.05) is 36.0 Å². The van der Waals surface area contributed by atoms with Crippen molar-refractivity contribution in [1.29, 1.82) is 0 Å². The third-order valence-corrected chi connectivity index (χ3v) is 8.57. The monoisotopic (exact) mass is 477 g/mol. The zero-order valence-corrected chi connectivity index (χ0v) is 19.5. The number of hydrogen-bond acceptors (Lipinski definition) is 6. The van der Waals surface area contributed by atoms with Crippen LogP contribution >= 0.6 is 23.1 Å². The third kappa shape index (κ3) is 4.54. The molecular weight excluding hydrogens is 454 g/mol. The molecule has 33 heavy (non-hydrogen) atoms. The van der Waals surface area contributed by atoms with Gasteiger partial charge >= 0.3 is 6.09 Å². The van der Waals surface area contributed by atoms with E-state index < -0.39 is 0 Å². The van der Waals surface area contributed by atoms with E-state index in [1.165, 1.54) is 4.88 Å². The molecule has 2 atom stereocenters. The molecule has 1 aromatic heterocycles. The molecule has 3 heterocycles. The Kier molecular flexibility index (Phi) is 6.20. The van der Waals surface area contributed by atoms with Crippen LogP contribution in [0.25, 0.3) is 0 Å². The van der Waals surface area contributed by atoms with Crippen LogP contribution in [0.15, 0.2) is 83.2 Å². The van der Waals surface area contributed by atoms with Crippen LogP contribution < -0.4 is 5.32 Å². The van der Waals surface area contributed by atoms with Crippen molar-refractivity contribution in [2.45, 2.75) is 11.4 Å². The van der Waals surface area contributed by atoms with E-state index in [9.17, 15) is 9.59 Å². The van der Waals surface area contributed by atoms with Crippen molar-refractivity contribution >= 4 is 40.3 Å². The predicted octanol–water partition coefficient (Wildman–Crippen LogP) is 4.74. The maximum atomic E-state index is 12.9. The van der Waals surface area contributed by atoms with Crippen LogP contribution in [0.2, 0.25) is 0 Å². The summed E-state index contributed by atoms with van der Waals surface area (Å²) >= 11 is 3.22. The summed E-state index contributed by atoms with van der Waals surface area (Å²) in [4.78, 5) is 33.2. The Morgan fingerprint density at radius 3 is 2.55 bits per heavy atom. The van der Waals surface area contributed by atoms with Crippen LogP contribution in [0, 0.1) is 5.92 Å². The molecule has 5 rings (SSSR count). The largest absolute Gasteiger partial charge is 0.445 e. The van der Waals surface area contributed by atoms with E-state index in [1.807, 2.05) is 60.0 Å². The fourth-order valence-electron chi connectivity index (χ4n) is 4.23. The van der Waals surface area contributed by atoms with Gasteiger partial charge in [-0.2, -0.15) is 0 Å². The van der Waals surface area contributed by atoms with Gasteiger partial charge in [-0.25, -0.2) is 4.79 Å². The minimum Gasteiger partial charge on any atom is -0.445 e. The Bertz CT molecular complexity index is 1150. The number of carbonyl (C=O) groups excluding carboxylic acids is 2. The number of benzene rings is 2. The maximum Gasteiger partial charge on any atom is 0.410 e. The lowest BCUT2D eigenvalue weighted by Crippen LogP contribution is -2.42. The number of rotatable bonds is 4. The zero-order valence-electron chi connectivity index (χ0n) is 17.8. The number of thioether (sulfide) groups is 1. The van der Waals surface area contributed by atoms with Gasteiger partial charge in [0.1, 0.15) is 6.61 Å². The second kappa shape index (κ2) is 9.41. The van der Waals surface area contributed by atoms with Crippen LogP contribution in [-0.2, 0) is 16.1 Å². The number of ether oxygens (including phenoxy) is 1. The molecule has 8 heteroatoms. The quantitative estimate of drug-likeness (QED) is 0.589. The molecule has 3 aromatic rings. The molecule has 2 unspecified atom stereocenters. The first-order chi connectivity index (χ1) is 16.1. The molecule has 1 saturated heterocycles. The first kappa shape index (κ1) is 21.7. The molecule has 2 aliphatic rings. The van der Waals surface area contributed by atoms with Crippen LogP contribution in [0.1, 0.15) is 20.8 Å². The standard InChI is InChI=1S/C25H23N3O3S2/c29-22(19-10-5-2-6-11-19)27-23-26-14-20-15-28(17-25(20,33-23)21-12-7-13-32-21)24(30)31-16-18-8-3-1-4-9-18/h1-13,20H,14-17H2,(H,26,27,29). The smallest absolute Gasteiger partial charge is 0.410 e. The number of nitrogens with one attached hydrogen (secondary N) is 1. The molecule has 2 aromatic carbocycles. The van der Waals surface area contributed by atoms with Crippen LogP contribution in [0.5, 0.6) is 0 Å². The van der Waals surface area contributed by atoms with Crippen molar-refractivity contribution in [3.8, 4) is 0 Å². The molecule has 0 spiro atoms. The van der Waals surface area contributed by atoms with Crippen molar-refractivity contribution in [3.05, 3.63) is 94.2 Å². The van der Waals surface area contributed by atoms with Gasteiger partial charge in [-0.3, -0.25) is 9.79 Å². The van der Waals surface area contributed by atoms with Gasteiger partial charge in [0.05, 0.1) is 4.75 Å². The lowest BCUT2D eigenvalue weighted by molar-refractivity contribution is 0.0976. The zero-order chi connectivity index (χ0) is 22.7. The molecular formula is C25H23N3O3S2. The Hall–Kier alpha value is -3.10. The third-order valence-electron chi connectivity index (χ3n) is 5.92. The molecule has 2 amide bonds. The van der Waals surface area contributed by atoms with E-state index in [2.05, 4.69) is 16.4 Å². The highest BCUT2D eigenvalue weighted by atomic mass is 32.2. The number of hydrogen-bond donors (Lipinski definition) is 1. The number of carbonyl (C=O) groups is 2. The van der Waals surface area contributed by atoms with Crippen LogP contribution in [-0.4, -0.2) is 41.7 Å². The Morgan fingerprint density at radius 2 is 1.82 bits per heavy atom. The molecule has 0 saturated carbocycles. The van der Waals surface area contributed by atoms with E-state index in [1.54, 1.807) is 40.1 Å². The Morgan fingerprint density at radius 1 is 1.06 bits per heavy atom. The predicted molar refractivity (Wildman–Crippen MR) is 131 cm³/mol. The average molecular weight is 478 g/mol. The van der Waals surface area contributed by atoms with Crippen molar-refractivity contribution < 1.29 is 14.3 Å². The SMILES string of the molecule is O=C(NC1=NCC2CN(C(=O)OCc3ccccc3)CC2(c2cccs2)S1)c1ccccc1. The fourth-order valence-corrected chi connectivity index (χ4v) is 6.73. The highest BCUT2D eigenvalue weighted by Gasteiger charge is 2.53. The van der Waals surface area contributed by atoms with Gasteiger partial charge in [-0.1, -0.05) is 66.4 Å². The summed E-state index contributed by atoms with van der Waals surface area (Å²) in [6.45, 7) is 1.87. The minimum atomic E-state index is -0.360. The Labute approximate surface area is 200 Å². The molecule has 0 aliphatic carbocycles. The lowest BCUT2D eigenvalue weighted by atomic mass is 9.93. The number of amides is 2. The number of likely N-dealkylation sites (tertiary alicyclic amines) is 1.